The van der Waals surface area contributed by atoms with Crippen molar-refractivity contribution < 1.29 is 4.39 Å². The lowest BCUT2D eigenvalue weighted by Gasteiger charge is -2.20. The Kier molecular flexibility index (Phi) is 5.70. The molecular weight excluding hydrogens is 333 g/mol. The molecule has 0 bridgehead atoms. The minimum Gasteiger partial charge on any atom is -0.353 e. The summed E-state index contributed by atoms with van der Waals surface area (Å²) in [6.07, 6.45) is 1.65. The molecule has 0 spiro atoms. The molecule has 21 heavy (non-hydrogen) atoms. The first-order chi connectivity index (χ1) is 10.1. The minimum absolute atomic E-state index is 0.256. The zero-order valence-electron chi connectivity index (χ0n) is 12.2. The van der Waals surface area contributed by atoms with Crippen LogP contribution in [0.4, 0.5) is 10.2 Å². The van der Waals surface area contributed by atoms with E-state index in [1.807, 2.05) is 43.1 Å². The average Bonchev–Trinajstić information content (AvgIpc) is 2.48. The van der Waals surface area contributed by atoms with Gasteiger partial charge in [-0.3, -0.25) is 0 Å². The van der Waals surface area contributed by atoms with E-state index in [2.05, 4.69) is 26.2 Å². The molecule has 5 heteroatoms. The lowest BCUT2D eigenvalue weighted by atomic mass is 10.2. The number of nitrogens with zero attached hydrogens (tertiary/aromatic N) is 2. The predicted octanol–water partition coefficient (Wildman–Crippen LogP) is 3.73. The van der Waals surface area contributed by atoms with Gasteiger partial charge < -0.3 is 10.2 Å². The molecule has 1 aromatic heterocycles. The maximum atomic E-state index is 14.5. The number of halogens is 2. The first-order valence-corrected chi connectivity index (χ1v) is 7.71. The summed E-state index contributed by atoms with van der Waals surface area (Å²) >= 11 is 3.51. The molecule has 0 unspecified atom stereocenters. The Labute approximate surface area is 133 Å². The molecule has 3 nitrogen and oxygen atoms in total. The van der Waals surface area contributed by atoms with Crippen LogP contribution >= 0.6 is 15.9 Å². The van der Waals surface area contributed by atoms with Crippen molar-refractivity contribution in [2.45, 2.75) is 20.0 Å². The number of hydrogen-bond donors (Lipinski definition) is 1. The van der Waals surface area contributed by atoms with Crippen molar-refractivity contribution in [3.63, 3.8) is 0 Å². The van der Waals surface area contributed by atoms with E-state index < -0.39 is 0 Å². The molecule has 2 aromatic rings. The lowest BCUT2D eigenvalue weighted by Crippen LogP contribution is -2.21. The van der Waals surface area contributed by atoms with Gasteiger partial charge in [-0.25, -0.2) is 9.37 Å². The molecule has 1 N–H and O–H groups in total. The molecule has 0 radical (unpaired) electrons. The van der Waals surface area contributed by atoms with Gasteiger partial charge in [-0.1, -0.05) is 41.1 Å². The normalized spacial score (nSPS) is 10.7. The quantitative estimate of drug-likeness (QED) is 0.859. The van der Waals surface area contributed by atoms with Crippen molar-refractivity contribution in [3.05, 3.63) is 57.9 Å². The third kappa shape index (κ3) is 4.02. The summed E-state index contributed by atoms with van der Waals surface area (Å²) in [7, 11) is 1.85. The van der Waals surface area contributed by atoms with E-state index in [0.717, 1.165) is 16.6 Å². The molecule has 0 aliphatic carbocycles. The average molecular weight is 352 g/mol. The van der Waals surface area contributed by atoms with Crippen LogP contribution in [-0.4, -0.2) is 18.6 Å². The number of hydrogen-bond acceptors (Lipinski definition) is 3. The second kappa shape index (κ2) is 7.52. The topological polar surface area (TPSA) is 28.2 Å². The summed E-state index contributed by atoms with van der Waals surface area (Å²) in [6, 6.07) is 9.64. The Morgan fingerprint density at radius 3 is 2.71 bits per heavy atom. The van der Waals surface area contributed by atoms with Crippen molar-refractivity contribution in [2.75, 3.05) is 18.5 Å². The molecule has 112 valence electrons. The van der Waals surface area contributed by atoms with E-state index in [0.29, 0.717) is 24.5 Å². The molecule has 0 saturated heterocycles. The highest BCUT2D eigenvalue weighted by Crippen LogP contribution is 2.23. The Hall–Kier alpha value is -1.46. The molecule has 2 rings (SSSR count). The third-order valence-corrected chi connectivity index (χ3v) is 4.02. The second-order valence-corrected chi connectivity index (χ2v) is 5.69. The lowest BCUT2D eigenvalue weighted by molar-refractivity contribution is 0.583. The number of anilines is 1. The molecule has 0 fully saturated rings. The van der Waals surface area contributed by atoms with Crippen molar-refractivity contribution in [1.29, 1.82) is 0 Å². The highest BCUT2D eigenvalue weighted by molar-refractivity contribution is 9.10. The Bertz CT molecular complexity index is 604. The largest absolute Gasteiger partial charge is 0.353 e. The van der Waals surface area contributed by atoms with E-state index in [1.54, 1.807) is 12.3 Å². The Morgan fingerprint density at radius 2 is 2.00 bits per heavy atom. The Balaban J connectivity index is 2.19. The van der Waals surface area contributed by atoms with Gasteiger partial charge in [0.2, 0.25) is 0 Å². The summed E-state index contributed by atoms with van der Waals surface area (Å²) < 4.78 is 15.5. The van der Waals surface area contributed by atoms with Crippen molar-refractivity contribution >= 4 is 21.7 Å². The smallest absolute Gasteiger partial charge is 0.170 e. The van der Waals surface area contributed by atoms with Crippen LogP contribution in [0.25, 0.3) is 0 Å². The SMILES string of the molecule is CCNCc1ccnc(N(C)Cc2ccccc2Br)c1F. The predicted molar refractivity (Wildman–Crippen MR) is 87.8 cm³/mol. The fourth-order valence-corrected chi connectivity index (χ4v) is 2.50. The van der Waals surface area contributed by atoms with Crippen molar-refractivity contribution in [1.82, 2.24) is 10.3 Å². The van der Waals surface area contributed by atoms with Crippen LogP contribution in [0.2, 0.25) is 0 Å². The number of nitrogens with one attached hydrogen (secondary N) is 1. The molecule has 0 saturated carbocycles. The van der Waals surface area contributed by atoms with Crippen molar-refractivity contribution in [3.8, 4) is 0 Å². The van der Waals surface area contributed by atoms with Gasteiger partial charge in [0.05, 0.1) is 0 Å². The highest BCUT2D eigenvalue weighted by Gasteiger charge is 2.14. The molecule has 1 heterocycles. The van der Waals surface area contributed by atoms with Crippen LogP contribution < -0.4 is 10.2 Å². The minimum atomic E-state index is -0.256. The Morgan fingerprint density at radius 1 is 1.24 bits per heavy atom. The van der Waals surface area contributed by atoms with Crippen molar-refractivity contribution in [2.24, 2.45) is 0 Å². The molecule has 0 aliphatic heterocycles. The molecule has 0 aliphatic rings. The number of benzene rings is 1. The fourth-order valence-electron chi connectivity index (χ4n) is 2.09. The van der Waals surface area contributed by atoms with E-state index >= 15 is 0 Å². The standard InChI is InChI=1S/C16H19BrFN3/c1-3-19-10-12-8-9-20-16(15(12)18)21(2)11-13-6-4-5-7-14(13)17/h4-9,19H,3,10-11H2,1-2H3. The van der Waals surface area contributed by atoms with Gasteiger partial charge in [-0.2, -0.15) is 0 Å². The number of pyridine rings is 1. The zero-order valence-corrected chi connectivity index (χ0v) is 13.8. The highest BCUT2D eigenvalue weighted by atomic mass is 79.9. The van der Waals surface area contributed by atoms with Crippen LogP contribution in [0.3, 0.4) is 0 Å². The van der Waals surface area contributed by atoms with Crippen LogP contribution in [0.5, 0.6) is 0 Å². The summed E-state index contributed by atoms with van der Waals surface area (Å²) in [4.78, 5) is 6.00. The van der Waals surface area contributed by atoms with Gasteiger partial charge in [0.15, 0.2) is 11.6 Å². The maximum absolute atomic E-state index is 14.5. The molecular formula is C16H19BrFN3. The molecule has 0 atom stereocenters. The first kappa shape index (κ1) is 15.9. The van der Waals surface area contributed by atoms with E-state index in [1.165, 1.54) is 0 Å². The van der Waals surface area contributed by atoms with E-state index in [-0.39, 0.29) is 5.82 Å². The number of aromatic nitrogens is 1. The summed E-state index contributed by atoms with van der Waals surface area (Å²) in [5, 5.41) is 3.14. The van der Waals surface area contributed by atoms with Gasteiger partial charge in [-0.15, -0.1) is 0 Å². The van der Waals surface area contributed by atoms with Crippen LogP contribution in [0.1, 0.15) is 18.1 Å². The summed E-state index contributed by atoms with van der Waals surface area (Å²) in [5.41, 5.74) is 1.74. The monoisotopic (exact) mass is 351 g/mol. The van der Waals surface area contributed by atoms with Crippen LogP contribution in [0, 0.1) is 5.82 Å². The van der Waals surface area contributed by atoms with E-state index in [4.69, 9.17) is 0 Å². The zero-order chi connectivity index (χ0) is 15.2. The van der Waals surface area contributed by atoms with Crippen LogP contribution in [-0.2, 0) is 13.1 Å². The van der Waals surface area contributed by atoms with Gasteiger partial charge >= 0.3 is 0 Å². The fraction of sp³-hybridized carbons (Fsp3) is 0.312. The van der Waals surface area contributed by atoms with Gasteiger partial charge in [0.1, 0.15) is 0 Å². The van der Waals surface area contributed by atoms with Gasteiger partial charge in [0, 0.05) is 36.4 Å². The second-order valence-electron chi connectivity index (χ2n) is 4.84. The van der Waals surface area contributed by atoms with Crippen LogP contribution in [0.15, 0.2) is 41.0 Å². The molecule has 0 amide bonds. The van der Waals surface area contributed by atoms with Gasteiger partial charge in [-0.05, 0) is 24.2 Å². The summed E-state index contributed by atoms with van der Waals surface area (Å²) in [5.74, 6) is 0.120. The molecule has 1 aromatic carbocycles. The number of rotatable bonds is 6. The summed E-state index contributed by atoms with van der Waals surface area (Å²) in [6.45, 7) is 3.92. The van der Waals surface area contributed by atoms with E-state index in [9.17, 15) is 4.39 Å². The maximum Gasteiger partial charge on any atom is 0.170 e. The third-order valence-electron chi connectivity index (χ3n) is 3.24. The first-order valence-electron chi connectivity index (χ1n) is 6.92. The van der Waals surface area contributed by atoms with Gasteiger partial charge in [0.25, 0.3) is 0 Å².